The van der Waals surface area contributed by atoms with Crippen LogP contribution in [0.25, 0.3) is 0 Å². The number of rotatable bonds is 3. The van der Waals surface area contributed by atoms with Crippen molar-refractivity contribution in [1.29, 1.82) is 0 Å². The van der Waals surface area contributed by atoms with E-state index < -0.39 is 25.9 Å². The minimum Gasteiger partial charge on any atom is -0.266 e. The second-order valence-electron chi connectivity index (χ2n) is 5.12. The Morgan fingerprint density at radius 1 is 0.957 bits per heavy atom. The highest BCUT2D eigenvalue weighted by molar-refractivity contribution is 7.92. The van der Waals surface area contributed by atoms with Crippen LogP contribution in [0.4, 0.5) is 10.1 Å². The largest absolute Gasteiger partial charge is 0.266 e. The molecule has 0 atom stereocenters. The smallest absolute Gasteiger partial charge is 0.264 e. The lowest BCUT2D eigenvalue weighted by atomic mass is 10.2. The summed E-state index contributed by atoms with van der Waals surface area (Å²) in [7, 11) is -7.68. The number of halogens is 1. The van der Waals surface area contributed by atoms with Crippen LogP contribution in [-0.4, -0.2) is 23.4 Å². The molecule has 122 valence electrons. The van der Waals surface area contributed by atoms with Gasteiger partial charge < -0.3 is 0 Å². The molecule has 0 fully saturated rings. The molecule has 1 aliphatic heterocycles. The fourth-order valence-corrected chi connectivity index (χ4v) is 4.58. The molecule has 0 aliphatic carbocycles. The highest BCUT2D eigenvalue weighted by Crippen LogP contribution is 2.34. The monoisotopic (exact) mass is 356 g/mol. The molecule has 23 heavy (non-hydrogen) atoms. The van der Waals surface area contributed by atoms with Crippen LogP contribution in [0, 0.1) is 5.82 Å². The van der Waals surface area contributed by atoms with Crippen molar-refractivity contribution < 1.29 is 21.2 Å². The van der Waals surface area contributed by atoms with Gasteiger partial charge >= 0.3 is 0 Å². The van der Waals surface area contributed by atoms with E-state index in [0.29, 0.717) is 17.7 Å². The number of benzene rings is 2. The molecular formula is C14H13FN2O4S2. The topological polar surface area (TPSA) is 97.5 Å². The van der Waals surface area contributed by atoms with Gasteiger partial charge in [0.2, 0.25) is 10.0 Å². The molecule has 0 spiro atoms. The third-order valence-corrected chi connectivity index (χ3v) is 6.37. The van der Waals surface area contributed by atoms with Crippen LogP contribution in [0.15, 0.2) is 52.3 Å². The highest BCUT2D eigenvalue weighted by atomic mass is 32.2. The number of nitrogens with zero attached hydrogens (tertiary/aromatic N) is 1. The Morgan fingerprint density at radius 2 is 1.57 bits per heavy atom. The molecule has 6 nitrogen and oxygen atoms in total. The van der Waals surface area contributed by atoms with E-state index in [4.69, 9.17) is 5.14 Å². The van der Waals surface area contributed by atoms with Crippen molar-refractivity contribution in [3.8, 4) is 0 Å². The summed E-state index contributed by atoms with van der Waals surface area (Å²) in [4.78, 5) is -0.0837. The first-order valence-corrected chi connectivity index (χ1v) is 9.62. The summed E-state index contributed by atoms with van der Waals surface area (Å²) < 4.78 is 62.2. The summed E-state index contributed by atoms with van der Waals surface area (Å²) in [5.41, 5.74) is 0.990. The van der Waals surface area contributed by atoms with E-state index in [1.54, 1.807) is 0 Å². The lowest BCUT2D eigenvalue weighted by Gasteiger charge is -2.19. The highest BCUT2D eigenvalue weighted by Gasteiger charge is 2.31. The summed E-state index contributed by atoms with van der Waals surface area (Å²) in [6.45, 7) is 0.184. The molecular weight excluding hydrogens is 343 g/mol. The molecule has 0 unspecified atom stereocenters. The zero-order chi connectivity index (χ0) is 16.8. The van der Waals surface area contributed by atoms with E-state index in [0.717, 1.165) is 12.1 Å². The van der Waals surface area contributed by atoms with E-state index >= 15 is 0 Å². The minimum absolute atomic E-state index is 0.0257. The van der Waals surface area contributed by atoms with Gasteiger partial charge in [-0.05, 0) is 54.4 Å². The van der Waals surface area contributed by atoms with Gasteiger partial charge in [0.05, 0.1) is 15.5 Å². The molecule has 1 heterocycles. The molecule has 2 aromatic rings. The summed E-state index contributed by atoms with van der Waals surface area (Å²) in [5, 5.41) is 5.08. The number of hydrogen-bond donors (Lipinski definition) is 1. The average molecular weight is 356 g/mol. The second-order valence-corrected chi connectivity index (χ2v) is 8.54. The van der Waals surface area contributed by atoms with E-state index in [9.17, 15) is 21.2 Å². The molecule has 9 heteroatoms. The van der Waals surface area contributed by atoms with Gasteiger partial charge in [-0.25, -0.2) is 26.4 Å². The summed E-state index contributed by atoms with van der Waals surface area (Å²) in [6, 6.07) is 8.62. The molecule has 0 amide bonds. The number of anilines is 1. The van der Waals surface area contributed by atoms with Crippen molar-refractivity contribution in [3.63, 3.8) is 0 Å². The average Bonchev–Trinajstić information content (AvgIpc) is 2.90. The van der Waals surface area contributed by atoms with E-state index in [1.165, 1.54) is 34.6 Å². The predicted octanol–water partition coefficient (Wildman–Crippen LogP) is 1.22. The predicted molar refractivity (Wildman–Crippen MR) is 82.5 cm³/mol. The quantitative estimate of drug-likeness (QED) is 0.894. The lowest BCUT2D eigenvalue weighted by Crippen LogP contribution is -2.29. The van der Waals surface area contributed by atoms with Gasteiger partial charge in [-0.15, -0.1) is 0 Å². The van der Waals surface area contributed by atoms with Gasteiger partial charge in [0.25, 0.3) is 10.0 Å². The fraction of sp³-hybridized carbons (Fsp3) is 0.143. The number of nitrogens with two attached hydrogens (primary N) is 1. The van der Waals surface area contributed by atoms with Crippen molar-refractivity contribution in [2.75, 3.05) is 10.8 Å². The SMILES string of the molecule is NS(=O)(=O)c1ccc2c(c1)CCN2S(=O)(=O)c1ccc(F)cc1. The maximum absolute atomic E-state index is 13.0. The summed E-state index contributed by atoms with van der Waals surface area (Å²) in [5.74, 6) is -0.524. The number of fused-ring (bicyclic) bond motifs is 1. The van der Waals surface area contributed by atoms with Crippen molar-refractivity contribution in [3.05, 3.63) is 53.8 Å². The molecule has 2 N–H and O–H groups in total. The van der Waals surface area contributed by atoms with Crippen LogP contribution in [0.2, 0.25) is 0 Å². The third-order valence-electron chi connectivity index (χ3n) is 3.63. The maximum Gasteiger partial charge on any atom is 0.264 e. The van der Waals surface area contributed by atoms with Gasteiger partial charge in [0.1, 0.15) is 5.82 Å². The van der Waals surface area contributed by atoms with Crippen molar-refractivity contribution in [2.45, 2.75) is 16.2 Å². The minimum atomic E-state index is -3.84. The molecule has 0 saturated carbocycles. The Bertz CT molecular complexity index is 970. The van der Waals surface area contributed by atoms with Crippen LogP contribution in [-0.2, 0) is 26.5 Å². The third kappa shape index (κ3) is 2.82. The van der Waals surface area contributed by atoms with Crippen molar-refractivity contribution in [1.82, 2.24) is 0 Å². The Kier molecular flexibility index (Phi) is 3.66. The molecule has 0 aromatic heterocycles. The normalized spacial score (nSPS) is 14.8. The molecule has 3 rings (SSSR count). The van der Waals surface area contributed by atoms with Crippen LogP contribution >= 0.6 is 0 Å². The van der Waals surface area contributed by atoms with Crippen LogP contribution < -0.4 is 9.44 Å². The second kappa shape index (κ2) is 5.29. The molecule has 0 saturated heterocycles. The van der Waals surface area contributed by atoms with Gasteiger partial charge in [0.15, 0.2) is 0 Å². The van der Waals surface area contributed by atoms with Crippen LogP contribution in [0.1, 0.15) is 5.56 Å². The molecule has 0 radical (unpaired) electrons. The fourth-order valence-electron chi connectivity index (χ4n) is 2.51. The standard InChI is InChI=1S/C14H13FN2O4S2/c15-11-1-3-12(4-2-11)23(20,21)17-8-7-10-9-13(22(16,18)19)5-6-14(10)17/h1-6,9H,7-8H2,(H2,16,18,19). The Hall–Kier alpha value is -1.97. The van der Waals surface area contributed by atoms with Crippen molar-refractivity contribution >= 4 is 25.7 Å². The van der Waals surface area contributed by atoms with E-state index in [-0.39, 0.29) is 16.3 Å². The Labute approximate surface area is 133 Å². The zero-order valence-electron chi connectivity index (χ0n) is 11.8. The lowest BCUT2D eigenvalue weighted by molar-refractivity contribution is 0.590. The summed E-state index contributed by atoms with van der Waals surface area (Å²) >= 11 is 0. The Balaban J connectivity index is 2.04. The zero-order valence-corrected chi connectivity index (χ0v) is 13.4. The molecule has 0 bridgehead atoms. The van der Waals surface area contributed by atoms with Crippen molar-refractivity contribution in [2.24, 2.45) is 5.14 Å². The number of sulfonamides is 2. The van der Waals surface area contributed by atoms with Gasteiger partial charge in [-0.2, -0.15) is 0 Å². The first-order valence-electron chi connectivity index (χ1n) is 6.63. The number of primary sulfonamides is 1. The van der Waals surface area contributed by atoms with Gasteiger partial charge in [-0.1, -0.05) is 0 Å². The van der Waals surface area contributed by atoms with Gasteiger partial charge in [0, 0.05) is 6.54 Å². The molecule has 2 aromatic carbocycles. The molecule has 1 aliphatic rings. The first-order chi connectivity index (χ1) is 10.7. The maximum atomic E-state index is 13.0. The van der Waals surface area contributed by atoms with E-state index in [1.807, 2.05) is 0 Å². The number of hydrogen-bond acceptors (Lipinski definition) is 4. The summed E-state index contributed by atoms with van der Waals surface area (Å²) in [6.07, 6.45) is 0.374. The van der Waals surface area contributed by atoms with Gasteiger partial charge in [-0.3, -0.25) is 4.31 Å². The van der Waals surface area contributed by atoms with E-state index in [2.05, 4.69) is 0 Å². The first kappa shape index (κ1) is 15.9. The Morgan fingerprint density at radius 3 is 2.17 bits per heavy atom. The van der Waals surface area contributed by atoms with Crippen LogP contribution in [0.3, 0.4) is 0 Å². The van der Waals surface area contributed by atoms with Crippen LogP contribution in [0.5, 0.6) is 0 Å².